The minimum atomic E-state index is -0.851. The molecule has 0 fully saturated rings. The highest BCUT2D eigenvalue weighted by Crippen LogP contribution is 2.35. The van der Waals surface area contributed by atoms with Crippen LogP contribution in [0, 0.1) is 11.6 Å². The lowest BCUT2D eigenvalue weighted by molar-refractivity contribution is -0.115. The van der Waals surface area contributed by atoms with Gasteiger partial charge in [0.15, 0.2) is 5.16 Å². The second kappa shape index (κ2) is 9.68. The molecule has 2 aromatic heterocycles. The van der Waals surface area contributed by atoms with Crippen molar-refractivity contribution in [2.45, 2.75) is 49.6 Å². The molecule has 6 nitrogen and oxygen atoms in total. The van der Waals surface area contributed by atoms with Gasteiger partial charge in [-0.25, -0.2) is 13.8 Å². The number of thioether (sulfide) groups is 1. The number of halogens is 2. The summed E-state index contributed by atoms with van der Waals surface area (Å²) in [6, 6.07) is 2.96. The van der Waals surface area contributed by atoms with Gasteiger partial charge < -0.3 is 10.1 Å². The Morgan fingerprint density at radius 1 is 1.34 bits per heavy atom. The fourth-order valence-corrected chi connectivity index (χ4v) is 5.96. The molecule has 3 aromatic rings. The van der Waals surface area contributed by atoms with Crippen LogP contribution in [-0.2, 0) is 28.9 Å². The Kier molecular flexibility index (Phi) is 6.92. The van der Waals surface area contributed by atoms with Gasteiger partial charge in [0.1, 0.15) is 16.5 Å². The third-order valence-corrected chi connectivity index (χ3v) is 7.68. The summed E-state index contributed by atoms with van der Waals surface area (Å²) < 4.78 is 33.8. The molecule has 1 aromatic carbocycles. The van der Waals surface area contributed by atoms with E-state index in [0.29, 0.717) is 34.6 Å². The largest absolute Gasteiger partial charge is 0.383 e. The first-order chi connectivity index (χ1) is 15.4. The fourth-order valence-electron chi connectivity index (χ4n) is 3.73. The lowest BCUT2D eigenvalue weighted by Crippen LogP contribution is -2.28. The molecule has 0 aliphatic heterocycles. The molecule has 4 rings (SSSR count). The highest BCUT2D eigenvalue weighted by molar-refractivity contribution is 8.00. The average molecular weight is 480 g/mol. The Morgan fingerprint density at radius 2 is 2.12 bits per heavy atom. The van der Waals surface area contributed by atoms with Crippen LogP contribution in [0.5, 0.6) is 0 Å². The summed E-state index contributed by atoms with van der Waals surface area (Å²) in [5.74, 6) is -2.05. The van der Waals surface area contributed by atoms with Crippen molar-refractivity contribution in [2.75, 3.05) is 19.0 Å². The zero-order valence-corrected chi connectivity index (χ0v) is 19.4. The maximum atomic E-state index is 13.9. The molecule has 32 heavy (non-hydrogen) atoms. The number of thiophene rings is 1. The molecule has 1 aliphatic carbocycles. The van der Waals surface area contributed by atoms with E-state index >= 15 is 0 Å². The number of carbonyl (C=O) groups is 1. The Balaban J connectivity index is 1.64. The molecule has 1 atom stereocenters. The number of amides is 1. The number of carbonyl (C=O) groups excluding carboxylic acids is 1. The quantitative estimate of drug-likeness (QED) is 0.402. The SMILES string of the molecule is COCCn1c(SC(C)C(=O)Nc2ccc(F)cc2F)nc2sc3c(c2c1=O)CCCC3. The summed E-state index contributed by atoms with van der Waals surface area (Å²) in [6.07, 6.45) is 4.00. The monoisotopic (exact) mass is 479 g/mol. The van der Waals surface area contributed by atoms with Crippen molar-refractivity contribution in [1.82, 2.24) is 9.55 Å². The van der Waals surface area contributed by atoms with Crippen molar-refractivity contribution < 1.29 is 18.3 Å². The summed E-state index contributed by atoms with van der Waals surface area (Å²) in [5.41, 5.74) is 0.884. The van der Waals surface area contributed by atoms with Gasteiger partial charge in [0.2, 0.25) is 5.91 Å². The van der Waals surface area contributed by atoms with E-state index in [4.69, 9.17) is 9.72 Å². The van der Waals surface area contributed by atoms with Crippen LogP contribution in [0.2, 0.25) is 0 Å². The van der Waals surface area contributed by atoms with Crippen molar-refractivity contribution in [3.05, 3.63) is 50.6 Å². The number of anilines is 1. The van der Waals surface area contributed by atoms with Crippen molar-refractivity contribution in [2.24, 2.45) is 0 Å². The van der Waals surface area contributed by atoms with E-state index in [2.05, 4.69) is 5.32 Å². The molecule has 0 saturated heterocycles. The van der Waals surface area contributed by atoms with Crippen LogP contribution < -0.4 is 10.9 Å². The zero-order chi connectivity index (χ0) is 22.8. The minimum absolute atomic E-state index is 0.102. The smallest absolute Gasteiger partial charge is 0.263 e. The predicted molar refractivity (Wildman–Crippen MR) is 123 cm³/mol. The average Bonchev–Trinajstić information content (AvgIpc) is 3.13. The molecule has 2 heterocycles. The molecule has 0 bridgehead atoms. The maximum absolute atomic E-state index is 13.9. The second-order valence-electron chi connectivity index (χ2n) is 7.61. The number of hydrogen-bond acceptors (Lipinski definition) is 6. The van der Waals surface area contributed by atoms with Crippen LogP contribution in [-0.4, -0.2) is 34.4 Å². The standard InChI is InChI=1S/C22H23F2N3O3S2/c1-12(19(28)25-16-8-7-13(23)11-15(16)24)31-22-26-20-18(21(29)27(22)9-10-30-2)14-5-3-4-6-17(14)32-20/h7-8,11-12H,3-6,9-10H2,1-2H3,(H,25,28). The number of nitrogens with zero attached hydrogens (tertiary/aromatic N) is 2. The van der Waals surface area contributed by atoms with E-state index in [1.807, 2.05) is 0 Å². The van der Waals surface area contributed by atoms with Crippen molar-refractivity contribution in [3.8, 4) is 0 Å². The Bertz CT molecular complexity index is 1230. The van der Waals surface area contributed by atoms with Gasteiger partial charge in [-0.05, 0) is 50.3 Å². The summed E-state index contributed by atoms with van der Waals surface area (Å²) >= 11 is 2.67. The molecular formula is C22H23F2N3O3S2. The van der Waals surface area contributed by atoms with E-state index in [1.165, 1.54) is 10.9 Å². The van der Waals surface area contributed by atoms with E-state index < -0.39 is 22.8 Å². The lowest BCUT2D eigenvalue weighted by Gasteiger charge is -2.16. The molecule has 0 saturated carbocycles. The number of rotatable bonds is 7. The van der Waals surface area contributed by atoms with Crippen LogP contribution in [0.1, 0.15) is 30.2 Å². The molecule has 170 valence electrons. The van der Waals surface area contributed by atoms with Crippen LogP contribution in [0.3, 0.4) is 0 Å². The Hall–Kier alpha value is -2.30. The number of aryl methyl sites for hydroxylation is 2. The van der Waals surface area contributed by atoms with E-state index in [9.17, 15) is 18.4 Å². The van der Waals surface area contributed by atoms with Gasteiger partial charge in [-0.1, -0.05) is 11.8 Å². The van der Waals surface area contributed by atoms with E-state index in [-0.39, 0.29) is 11.2 Å². The molecule has 1 aliphatic rings. The first-order valence-electron chi connectivity index (χ1n) is 10.4. The van der Waals surface area contributed by atoms with E-state index in [0.717, 1.165) is 49.1 Å². The molecule has 1 amide bonds. The molecule has 1 N–H and O–H groups in total. The van der Waals surface area contributed by atoms with Gasteiger partial charge >= 0.3 is 0 Å². The van der Waals surface area contributed by atoms with Gasteiger partial charge in [0.05, 0.1) is 29.5 Å². The third kappa shape index (κ3) is 4.57. The minimum Gasteiger partial charge on any atom is -0.383 e. The van der Waals surface area contributed by atoms with Gasteiger partial charge in [-0.2, -0.15) is 0 Å². The fraction of sp³-hybridized carbons (Fsp3) is 0.409. The van der Waals surface area contributed by atoms with Crippen molar-refractivity contribution >= 4 is 44.9 Å². The number of ether oxygens (including phenoxy) is 1. The molecule has 10 heteroatoms. The number of nitrogens with one attached hydrogen (secondary N) is 1. The van der Waals surface area contributed by atoms with E-state index in [1.54, 1.807) is 29.9 Å². The molecule has 1 unspecified atom stereocenters. The van der Waals surface area contributed by atoms with Crippen molar-refractivity contribution in [1.29, 1.82) is 0 Å². The Morgan fingerprint density at radius 3 is 2.88 bits per heavy atom. The van der Waals surface area contributed by atoms with Crippen LogP contribution in [0.15, 0.2) is 28.2 Å². The van der Waals surface area contributed by atoms with Crippen LogP contribution in [0.25, 0.3) is 10.2 Å². The zero-order valence-electron chi connectivity index (χ0n) is 17.7. The van der Waals surface area contributed by atoms with Gasteiger partial charge in [0, 0.05) is 18.1 Å². The number of aromatic nitrogens is 2. The number of methoxy groups -OCH3 is 1. The number of fused-ring (bicyclic) bond motifs is 3. The summed E-state index contributed by atoms with van der Waals surface area (Å²) in [5, 5.41) is 2.89. The van der Waals surface area contributed by atoms with Gasteiger partial charge in [0.25, 0.3) is 5.56 Å². The van der Waals surface area contributed by atoms with Crippen LogP contribution in [0.4, 0.5) is 14.5 Å². The van der Waals surface area contributed by atoms with Crippen molar-refractivity contribution in [3.63, 3.8) is 0 Å². The Labute approximate surface area is 192 Å². The normalized spacial score (nSPS) is 14.4. The summed E-state index contributed by atoms with van der Waals surface area (Å²) in [6.45, 7) is 2.29. The summed E-state index contributed by atoms with van der Waals surface area (Å²) in [7, 11) is 1.56. The molecule has 0 spiro atoms. The predicted octanol–water partition coefficient (Wildman–Crippen LogP) is 4.38. The number of hydrogen-bond donors (Lipinski definition) is 1. The topological polar surface area (TPSA) is 73.2 Å². The maximum Gasteiger partial charge on any atom is 0.263 e. The lowest BCUT2D eigenvalue weighted by atomic mass is 9.97. The third-order valence-electron chi connectivity index (χ3n) is 5.40. The van der Waals surface area contributed by atoms with Crippen LogP contribution >= 0.6 is 23.1 Å². The van der Waals surface area contributed by atoms with Gasteiger partial charge in [-0.3, -0.25) is 14.2 Å². The first-order valence-corrected chi connectivity index (χ1v) is 12.0. The highest BCUT2D eigenvalue weighted by Gasteiger charge is 2.24. The van der Waals surface area contributed by atoms with Gasteiger partial charge in [-0.15, -0.1) is 11.3 Å². The molecular weight excluding hydrogens is 456 g/mol. The summed E-state index contributed by atoms with van der Waals surface area (Å²) in [4.78, 5) is 32.7. The highest BCUT2D eigenvalue weighted by atomic mass is 32.2. The second-order valence-corrected chi connectivity index (χ2v) is 10.0. The molecule has 0 radical (unpaired) electrons. The first kappa shape index (κ1) is 22.9. The number of benzene rings is 1.